The Kier molecular flexibility index (Phi) is 14.8. The van der Waals surface area contributed by atoms with Crippen molar-refractivity contribution in [1.82, 2.24) is 10.6 Å². The molecule has 0 bridgehead atoms. The fraction of sp³-hybridized carbons (Fsp3) is 0.533. The van der Waals surface area contributed by atoms with Crippen LogP contribution in [0, 0.1) is 0 Å². The van der Waals surface area contributed by atoms with Gasteiger partial charge in [0.1, 0.15) is 11.5 Å². The predicted molar refractivity (Wildman–Crippen MR) is 146 cm³/mol. The molecule has 0 spiro atoms. The summed E-state index contributed by atoms with van der Waals surface area (Å²) in [6, 6.07) is 14.7. The minimum atomic E-state index is -0.0375. The molecule has 2 amide bonds. The Labute approximate surface area is 217 Å². The number of unbranched alkanes of at least 4 members (excludes halogenated alkanes) is 7. The van der Waals surface area contributed by atoms with E-state index in [9.17, 15) is 9.59 Å². The van der Waals surface area contributed by atoms with E-state index in [0.717, 1.165) is 75.7 Å². The van der Waals surface area contributed by atoms with Gasteiger partial charge < -0.3 is 20.1 Å². The molecular formula is C30H44N2O4. The highest BCUT2D eigenvalue weighted by atomic mass is 16.5. The number of amides is 2. The summed E-state index contributed by atoms with van der Waals surface area (Å²) in [6.45, 7) is 7.05. The van der Waals surface area contributed by atoms with Crippen LogP contribution in [-0.4, -0.2) is 38.1 Å². The Bertz CT molecular complexity index is 792. The van der Waals surface area contributed by atoms with Gasteiger partial charge in [0.15, 0.2) is 0 Å². The van der Waals surface area contributed by atoms with Crippen LogP contribution in [0.3, 0.4) is 0 Å². The van der Waals surface area contributed by atoms with Gasteiger partial charge in [-0.15, -0.1) is 0 Å². The summed E-state index contributed by atoms with van der Waals surface area (Å²) in [5.74, 6) is 1.54. The van der Waals surface area contributed by atoms with Crippen molar-refractivity contribution >= 4 is 11.8 Å². The minimum absolute atomic E-state index is 0.0375. The van der Waals surface area contributed by atoms with Gasteiger partial charge in [-0.3, -0.25) is 9.59 Å². The van der Waals surface area contributed by atoms with Crippen LogP contribution in [-0.2, 0) is 0 Å². The second-order valence-electron chi connectivity index (χ2n) is 9.09. The smallest absolute Gasteiger partial charge is 0.251 e. The predicted octanol–water partition coefficient (Wildman–Crippen LogP) is 6.54. The van der Waals surface area contributed by atoms with Crippen LogP contribution in [0.5, 0.6) is 11.5 Å². The summed E-state index contributed by atoms with van der Waals surface area (Å²) in [6.07, 6.45) is 10.6. The van der Waals surface area contributed by atoms with E-state index in [4.69, 9.17) is 9.47 Å². The standard InChI is InChI=1S/C30H44N2O4/c1-3-5-23-35-27-17-13-25(14-18-27)29(33)31-21-11-9-7-8-10-12-22-32-30(34)26-15-19-28(20-16-26)36-24-6-4-2/h13-20H,3-12,21-24H2,1-2H3,(H,31,33)(H,32,34). The SMILES string of the molecule is CCCCOc1ccc(C(=O)NCCCCCCCCNC(=O)c2ccc(OCCCC)cc2)cc1. The summed E-state index contributed by atoms with van der Waals surface area (Å²) in [4.78, 5) is 24.5. The van der Waals surface area contributed by atoms with Crippen LogP contribution < -0.4 is 20.1 Å². The van der Waals surface area contributed by atoms with Crippen molar-refractivity contribution in [2.45, 2.75) is 78.1 Å². The lowest BCUT2D eigenvalue weighted by Gasteiger charge is -2.08. The Morgan fingerprint density at radius 3 is 1.28 bits per heavy atom. The molecule has 0 saturated heterocycles. The van der Waals surface area contributed by atoms with Crippen molar-refractivity contribution in [2.24, 2.45) is 0 Å². The Balaban J connectivity index is 1.46. The molecule has 0 atom stereocenters. The van der Waals surface area contributed by atoms with E-state index < -0.39 is 0 Å². The third kappa shape index (κ3) is 12.1. The van der Waals surface area contributed by atoms with Gasteiger partial charge in [-0.2, -0.15) is 0 Å². The summed E-state index contributed by atoms with van der Waals surface area (Å²) in [7, 11) is 0. The van der Waals surface area contributed by atoms with E-state index in [-0.39, 0.29) is 11.8 Å². The molecule has 0 heterocycles. The zero-order valence-corrected chi connectivity index (χ0v) is 22.2. The highest BCUT2D eigenvalue weighted by Gasteiger charge is 2.06. The number of benzene rings is 2. The third-order valence-electron chi connectivity index (χ3n) is 5.94. The lowest BCUT2D eigenvalue weighted by molar-refractivity contribution is 0.0944. The van der Waals surface area contributed by atoms with Gasteiger partial charge >= 0.3 is 0 Å². The Hall–Kier alpha value is -3.02. The van der Waals surface area contributed by atoms with Crippen molar-refractivity contribution < 1.29 is 19.1 Å². The monoisotopic (exact) mass is 496 g/mol. The molecular weight excluding hydrogens is 452 g/mol. The zero-order valence-electron chi connectivity index (χ0n) is 22.2. The fourth-order valence-corrected chi connectivity index (χ4v) is 3.64. The molecule has 0 unspecified atom stereocenters. The summed E-state index contributed by atoms with van der Waals surface area (Å²) in [5.41, 5.74) is 1.33. The molecule has 2 aromatic carbocycles. The number of nitrogens with one attached hydrogen (secondary N) is 2. The van der Waals surface area contributed by atoms with Crippen molar-refractivity contribution in [3.05, 3.63) is 59.7 Å². The number of ether oxygens (including phenoxy) is 2. The van der Waals surface area contributed by atoms with Gasteiger partial charge in [-0.25, -0.2) is 0 Å². The minimum Gasteiger partial charge on any atom is -0.494 e. The fourth-order valence-electron chi connectivity index (χ4n) is 3.64. The molecule has 2 aromatic rings. The van der Waals surface area contributed by atoms with Crippen molar-refractivity contribution in [1.29, 1.82) is 0 Å². The number of hydrogen-bond donors (Lipinski definition) is 2. The summed E-state index contributed by atoms with van der Waals surface area (Å²) >= 11 is 0. The number of rotatable bonds is 19. The normalized spacial score (nSPS) is 10.6. The molecule has 0 fully saturated rings. The first kappa shape index (κ1) is 29.2. The molecule has 198 valence electrons. The topological polar surface area (TPSA) is 76.7 Å². The Morgan fingerprint density at radius 1 is 0.556 bits per heavy atom. The number of carbonyl (C=O) groups is 2. The van der Waals surface area contributed by atoms with Gasteiger partial charge in [-0.05, 0) is 74.2 Å². The van der Waals surface area contributed by atoms with Gasteiger partial charge in [0.25, 0.3) is 11.8 Å². The second-order valence-corrected chi connectivity index (χ2v) is 9.09. The Morgan fingerprint density at radius 2 is 0.917 bits per heavy atom. The van der Waals surface area contributed by atoms with E-state index in [1.165, 1.54) is 0 Å². The molecule has 0 aromatic heterocycles. The molecule has 2 rings (SSSR count). The van der Waals surface area contributed by atoms with Crippen LogP contribution in [0.25, 0.3) is 0 Å². The van der Waals surface area contributed by atoms with Gasteiger partial charge in [0.2, 0.25) is 0 Å². The quantitative estimate of drug-likeness (QED) is 0.216. The van der Waals surface area contributed by atoms with E-state index in [1.54, 1.807) is 0 Å². The molecule has 0 saturated carbocycles. The van der Waals surface area contributed by atoms with Crippen molar-refractivity contribution in [2.75, 3.05) is 26.3 Å². The first-order valence-electron chi connectivity index (χ1n) is 13.7. The highest BCUT2D eigenvalue weighted by molar-refractivity contribution is 5.94. The van der Waals surface area contributed by atoms with Crippen LogP contribution >= 0.6 is 0 Å². The van der Waals surface area contributed by atoms with E-state index in [0.29, 0.717) is 37.4 Å². The molecule has 36 heavy (non-hydrogen) atoms. The molecule has 0 aliphatic carbocycles. The maximum absolute atomic E-state index is 12.3. The summed E-state index contributed by atoms with van der Waals surface area (Å²) in [5, 5.41) is 5.98. The lowest BCUT2D eigenvalue weighted by Crippen LogP contribution is -2.24. The largest absolute Gasteiger partial charge is 0.494 e. The van der Waals surface area contributed by atoms with Crippen LogP contribution in [0.1, 0.15) is 98.8 Å². The molecule has 6 heteroatoms. The average Bonchev–Trinajstić information content (AvgIpc) is 2.90. The van der Waals surface area contributed by atoms with Gasteiger partial charge in [-0.1, -0.05) is 52.4 Å². The van der Waals surface area contributed by atoms with Crippen molar-refractivity contribution in [3.8, 4) is 11.5 Å². The van der Waals surface area contributed by atoms with Gasteiger partial charge in [0.05, 0.1) is 13.2 Å². The second kappa shape index (κ2) is 18.3. The molecule has 2 N–H and O–H groups in total. The molecule has 6 nitrogen and oxygen atoms in total. The first-order valence-corrected chi connectivity index (χ1v) is 13.7. The first-order chi connectivity index (χ1) is 17.6. The highest BCUT2D eigenvalue weighted by Crippen LogP contribution is 2.14. The number of carbonyl (C=O) groups excluding carboxylic acids is 2. The number of hydrogen-bond acceptors (Lipinski definition) is 4. The zero-order chi connectivity index (χ0) is 25.8. The molecule has 0 aliphatic rings. The molecule has 0 radical (unpaired) electrons. The van der Waals surface area contributed by atoms with E-state index in [2.05, 4.69) is 24.5 Å². The lowest BCUT2D eigenvalue weighted by atomic mass is 10.1. The van der Waals surface area contributed by atoms with Crippen LogP contribution in [0.2, 0.25) is 0 Å². The van der Waals surface area contributed by atoms with E-state index >= 15 is 0 Å². The van der Waals surface area contributed by atoms with Crippen molar-refractivity contribution in [3.63, 3.8) is 0 Å². The average molecular weight is 497 g/mol. The van der Waals surface area contributed by atoms with E-state index in [1.807, 2.05) is 48.5 Å². The maximum Gasteiger partial charge on any atom is 0.251 e. The third-order valence-corrected chi connectivity index (χ3v) is 5.94. The van der Waals surface area contributed by atoms with Crippen LogP contribution in [0.4, 0.5) is 0 Å². The van der Waals surface area contributed by atoms with Gasteiger partial charge in [0, 0.05) is 24.2 Å². The van der Waals surface area contributed by atoms with Crippen LogP contribution in [0.15, 0.2) is 48.5 Å². The molecule has 0 aliphatic heterocycles. The summed E-state index contributed by atoms with van der Waals surface area (Å²) < 4.78 is 11.3. The maximum atomic E-state index is 12.3.